The Hall–Kier alpha value is -1.20. The number of nitrogens with zero attached hydrogens (tertiary/aromatic N) is 2. The topological polar surface area (TPSA) is 59.2 Å². The van der Waals surface area contributed by atoms with Gasteiger partial charge in [-0.25, -0.2) is 0 Å². The smallest absolute Gasteiger partial charge is 0.232 e. The molecule has 0 bridgehead atoms. The molecule has 1 heterocycles. The summed E-state index contributed by atoms with van der Waals surface area (Å²) in [7, 11) is 0. The van der Waals surface area contributed by atoms with Crippen LogP contribution in [0, 0.1) is 0 Å². The molecule has 0 saturated carbocycles. The second kappa shape index (κ2) is 5.63. The third-order valence-corrected chi connectivity index (χ3v) is 3.68. The standard InChI is InChI=1S/C13H15BrN2O2/c1-8(9(2)17)13-15-12(16-18-13)7-10-5-3-4-6-11(10)14/h3-6,8-9,17H,7H2,1-2H3. The van der Waals surface area contributed by atoms with Gasteiger partial charge in [0.05, 0.1) is 12.0 Å². The van der Waals surface area contributed by atoms with E-state index in [0.29, 0.717) is 18.1 Å². The first-order chi connectivity index (χ1) is 8.58. The van der Waals surface area contributed by atoms with E-state index in [1.54, 1.807) is 6.92 Å². The minimum absolute atomic E-state index is 0.148. The van der Waals surface area contributed by atoms with E-state index in [1.807, 2.05) is 31.2 Å². The van der Waals surface area contributed by atoms with Crippen molar-refractivity contribution in [3.05, 3.63) is 46.0 Å². The second-order valence-corrected chi connectivity index (χ2v) is 5.20. The molecule has 1 N–H and O–H groups in total. The van der Waals surface area contributed by atoms with Gasteiger partial charge < -0.3 is 9.63 Å². The van der Waals surface area contributed by atoms with Gasteiger partial charge in [0.1, 0.15) is 0 Å². The summed E-state index contributed by atoms with van der Waals surface area (Å²) in [6, 6.07) is 7.93. The first-order valence-electron chi connectivity index (χ1n) is 5.82. The van der Waals surface area contributed by atoms with Crippen molar-refractivity contribution in [2.75, 3.05) is 0 Å². The minimum Gasteiger partial charge on any atom is -0.393 e. The van der Waals surface area contributed by atoms with Crippen molar-refractivity contribution >= 4 is 15.9 Å². The fourth-order valence-electron chi connectivity index (χ4n) is 1.54. The average molecular weight is 311 g/mol. The Kier molecular flexibility index (Phi) is 4.14. The zero-order chi connectivity index (χ0) is 13.1. The summed E-state index contributed by atoms with van der Waals surface area (Å²) in [6.45, 7) is 3.57. The maximum atomic E-state index is 9.48. The molecule has 5 heteroatoms. The van der Waals surface area contributed by atoms with E-state index in [2.05, 4.69) is 26.1 Å². The van der Waals surface area contributed by atoms with E-state index in [0.717, 1.165) is 10.0 Å². The van der Waals surface area contributed by atoms with Crippen LogP contribution in [0.1, 0.15) is 37.0 Å². The highest BCUT2D eigenvalue weighted by atomic mass is 79.9. The SMILES string of the molecule is CC(O)C(C)c1nc(Cc2ccccc2Br)no1. The normalized spacial score (nSPS) is 14.4. The lowest BCUT2D eigenvalue weighted by molar-refractivity contribution is 0.151. The van der Waals surface area contributed by atoms with Crippen molar-refractivity contribution in [1.82, 2.24) is 10.1 Å². The van der Waals surface area contributed by atoms with Crippen LogP contribution >= 0.6 is 15.9 Å². The number of hydrogen-bond donors (Lipinski definition) is 1. The Morgan fingerprint density at radius 2 is 2.06 bits per heavy atom. The molecule has 1 aromatic carbocycles. The van der Waals surface area contributed by atoms with Gasteiger partial charge in [-0.15, -0.1) is 0 Å². The number of aromatic nitrogens is 2. The van der Waals surface area contributed by atoms with E-state index in [9.17, 15) is 5.11 Å². The molecular weight excluding hydrogens is 296 g/mol. The zero-order valence-electron chi connectivity index (χ0n) is 10.3. The molecule has 2 aromatic rings. The van der Waals surface area contributed by atoms with Gasteiger partial charge in [-0.3, -0.25) is 0 Å². The Morgan fingerprint density at radius 1 is 1.33 bits per heavy atom. The molecule has 2 rings (SSSR count). The number of hydrogen-bond acceptors (Lipinski definition) is 4. The number of halogens is 1. The van der Waals surface area contributed by atoms with Gasteiger partial charge in [0, 0.05) is 10.9 Å². The van der Waals surface area contributed by atoms with Gasteiger partial charge in [-0.1, -0.05) is 46.2 Å². The minimum atomic E-state index is -0.498. The summed E-state index contributed by atoms with van der Waals surface area (Å²) in [5, 5.41) is 13.4. The molecule has 0 spiro atoms. The molecule has 0 amide bonds. The molecule has 4 nitrogen and oxygen atoms in total. The van der Waals surface area contributed by atoms with Gasteiger partial charge in [0.15, 0.2) is 5.82 Å². The van der Waals surface area contributed by atoms with Gasteiger partial charge in [0.2, 0.25) is 5.89 Å². The fourth-order valence-corrected chi connectivity index (χ4v) is 1.97. The molecule has 2 unspecified atom stereocenters. The summed E-state index contributed by atoms with van der Waals surface area (Å²) in [5.41, 5.74) is 1.11. The molecule has 0 aliphatic carbocycles. The van der Waals surface area contributed by atoms with Crippen molar-refractivity contribution in [3.63, 3.8) is 0 Å². The van der Waals surface area contributed by atoms with Crippen molar-refractivity contribution < 1.29 is 9.63 Å². The summed E-state index contributed by atoms with van der Waals surface area (Å²) >= 11 is 3.49. The molecule has 0 fully saturated rings. The number of aliphatic hydroxyl groups excluding tert-OH is 1. The van der Waals surface area contributed by atoms with Gasteiger partial charge >= 0.3 is 0 Å². The molecule has 0 aliphatic heterocycles. The largest absolute Gasteiger partial charge is 0.393 e. The lowest BCUT2D eigenvalue weighted by Gasteiger charge is -2.08. The van der Waals surface area contributed by atoms with Gasteiger partial charge in [0.25, 0.3) is 0 Å². The third-order valence-electron chi connectivity index (χ3n) is 2.90. The predicted octanol–water partition coefficient (Wildman–Crippen LogP) is 2.91. The zero-order valence-corrected chi connectivity index (χ0v) is 11.9. The van der Waals surface area contributed by atoms with Crippen molar-refractivity contribution in [2.45, 2.75) is 32.3 Å². The summed E-state index contributed by atoms with van der Waals surface area (Å²) in [5.74, 6) is 0.960. The summed E-state index contributed by atoms with van der Waals surface area (Å²) < 4.78 is 6.19. The molecular formula is C13H15BrN2O2. The van der Waals surface area contributed by atoms with Crippen LogP contribution < -0.4 is 0 Å². The van der Waals surface area contributed by atoms with Crippen LogP contribution in [0.4, 0.5) is 0 Å². The van der Waals surface area contributed by atoms with E-state index >= 15 is 0 Å². The van der Waals surface area contributed by atoms with E-state index in [1.165, 1.54) is 0 Å². The Morgan fingerprint density at radius 3 is 2.72 bits per heavy atom. The number of benzene rings is 1. The van der Waals surface area contributed by atoms with Crippen molar-refractivity contribution in [2.24, 2.45) is 0 Å². The second-order valence-electron chi connectivity index (χ2n) is 4.35. The first kappa shape index (κ1) is 13.2. The van der Waals surface area contributed by atoms with Gasteiger partial charge in [-0.05, 0) is 18.6 Å². The van der Waals surface area contributed by atoms with E-state index in [4.69, 9.17) is 4.52 Å². The van der Waals surface area contributed by atoms with Crippen LogP contribution in [0.5, 0.6) is 0 Å². The quantitative estimate of drug-likeness (QED) is 0.943. The van der Waals surface area contributed by atoms with Crippen LogP contribution in [-0.4, -0.2) is 21.4 Å². The molecule has 1 aromatic heterocycles. The number of rotatable bonds is 4. The molecule has 0 saturated heterocycles. The molecule has 0 radical (unpaired) electrons. The van der Waals surface area contributed by atoms with E-state index < -0.39 is 6.10 Å². The van der Waals surface area contributed by atoms with Crippen LogP contribution in [0.2, 0.25) is 0 Å². The molecule has 2 atom stereocenters. The highest BCUT2D eigenvalue weighted by molar-refractivity contribution is 9.10. The Bertz CT molecular complexity index is 525. The summed E-state index contributed by atoms with van der Waals surface area (Å²) in [6.07, 6.45) is 0.110. The maximum Gasteiger partial charge on any atom is 0.232 e. The van der Waals surface area contributed by atoms with Gasteiger partial charge in [-0.2, -0.15) is 4.98 Å². The Balaban J connectivity index is 2.14. The van der Waals surface area contributed by atoms with Crippen LogP contribution in [0.25, 0.3) is 0 Å². The lowest BCUT2D eigenvalue weighted by Crippen LogP contribution is -2.11. The average Bonchev–Trinajstić information content (AvgIpc) is 2.79. The fraction of sp³-hybridized carbons (Fsp3) is 0.385. The van der Waals surface area contributed by atoms with E-state index in [-0.39, 0.29) is 5.92 Å². The maximum absolute atomic E-state index is 9.48. The van der Waals surface area contributed by atoms with Crippen LogP contribution in [0.3, 0.4) is 0 Å². The third kappa shape index (κ3) is 2.97. The first-order valence-corrected chi connectivity index (χ1v) is 6.61. The van der Waals surface area contributed by atoms with Crippen LogP contribution in [0.15, 0.2) is 33.3 Å². The molecule has 96 valence electrons. The summed E-state index contributed by atoms with van der Waals surface area (Å²) in [4.78, 5) is 4.31. The monoisotopic (exact) mass is 310 g/mol. The highest BCUT2D eigenvalue weighted by Crippen LogP contribution is 2.21. The van der Waals surface area contributed by atoms with Crippen molar-refractivity contribution in [1.29, 1.82) is 0 Å². The number of aliphatic hydroxyl groups is 1. The van der Waals surface area contributed by atoms with Crippen LogP contribution in [-0.2, 0) is 6.42 Å². The molecule has 18 heavy (non-hydrogen) atoms. The molecule has 0 aliphatic rings. The lowest BCUT2D eigenvalue weighted by atomic mass is 10.1. The van der Waals surface area contributed by atoms with Crippen molar-refractivity contribution in [3.8, 4) is 0 Å². The highest BCUT2D eigenvalue weighted by Gasteiger charge is 2.19. The Labute approximate surface area is 114 Å². The predicted molar refractivity (Wildman–Crippen MR) is 71.3 cm³/mol.